The van der Waals surface area contributed by atoms with Crippen molar-refractivity contribution < 1.29 is 13.9 Å². The van der Waals surface area contributed by atoms with Crippen molar-refractivity contribution in [2.45, 2.75) is 26.8 Å². The first-order valence-corrected chi connectivity index (χ1v) is 27.7. The lowest BCUT2D eigenvalue weighted by Crippen LogP contribution is -2.64. The van der Waals surface area contributed by atoms with Crippen LogP contribution in [0.3, 0.4) is 0 Å². The van der Waals surface area contributed by atoms with Gasteiger partial charge in [0, 0.05) is 62.4 Å². The highest BCUT2D eigenvalue weighted by Crippen LogP contribution is 2.53. The molecule has 8 heteroatoms. The molecule has 4 aliphatic rings. The summed E-state index contributed by atoms with van der Waals surface area (Å²) in [6, 6.07) is 84.0. The molecular formula is C71H49B2N3O3. The van der Waals surface area contributed by atoms with Crippen molar-refractivity contribution in [2.75, 3.05) is 9.80 Å². The van der Waals surface area contributed by atoms with Gasteiger partial charge in [0.2, 0.25) is 0 Å². The van der Waals surface area contributed by atoms with Gasteiger partial charge in [-0.1, -0.05) is 190 Å². The minimum Gasteiger partial charge on any atom is -0.458 e. The summed E-state index contributed by atoms with van der Waals surface area (Å²) in [6.07, 6.45) is 0. The van der Waals surface area contributed by atoms with E-state index in [9.17, 15) is 0 Å². The highest BCUT2D eigenvalue weighted by molar-refractivity contribution is 7.02. The summed E-state index contributed by atoms with van der Waals surface area (Å²) in [7, 11) is 0. The minimum atomic E-state index is -0.202. The molecule has 13 aromatic rings. The number of nitrogens with zero attached hydrogens (tertiary/aromatic N) is 3. The van der Waals surface area contributed by atoms with Crippen LogP contribution >= 0.6 is 0 Å². The lowest BCUT2D eigenvalue weighted by Gasteiger charge is -2.46. The molecule has 2 aromatic heterocycles. The first-order chi connectivity index (χ1) is 39.0. The summed E-state index contributed by atoms with van der Waals surface area (Å²) in [5, 5.41) is 4.32. The zero-order valence-corrected chi connectivity index (χ0v) is 43.8. The number of ether oxygens (including phenoxy) is 2. The molecule has 0 N–H and O–H groups in total. The molecule has 0 radical (unpaired) electrons. The maximum atomic E-state index is 7.45. The standard InChI is InChI=1S/C71H49B2N3O3/c1-42(2)43(3)74-56-39-57-54(38-53(56)72-51-32-15-19-36-62(51)78-70-65-49-28-13-17-34-55(49)75(46-26-11-6-12-27-46)58(65)40-59(74)67(70)72)73-52-33-16-20-37-63(52)79-71-66-50-29-14-18-35-61(50)77-64(66)41-60(68(71)73)76(57)69-47(44-22-7-4-8-23-44)30-21-31-48(69)45-24-9-5-10-25-45/h4-43H,1-3H3. The number of anilines is 5. The van der Waals surface area contributed by atoms with Crippen molar-refractivity contribution in [3.05, 3.63) is 231 Å². The van der Waals surface area contributed by atoms with Crippen LogP contribution in [-0.4, -0.2) is 24.0 Å². The van der Waals surface area contributed by atoms with Gasteiger partial charge in [0.1, 0.15) is 34.2 Å². The predicted molar refractivity (Wildman–Crippen MR) is 329 cm³/mol. The van der Waals surface area contributed by atoms with E-state index in [-0.39, 0.29) is 25.4 Å². The Morgan fingerprint density at radius 3 is 1.63 bits per heavy atom. The van der Waals surface area contributed by atoms with Crippen LogP contribution in [0.1, 0.15) is 20.8 Å². The number of fused-ring (bicyclic) bond motifs is 16. The van der Waals surface area contributed by atoms with E-state index in [1.807, 2.05) is 0 Å². The molecule has 372 valence electrons. The van der Waals surface area contributed by atoms with Crippen molar-refractivity contribution in [1.82, 2.24) is 4.57 Å². The Balaban J connectivity index is 1.05. The molecule has 0 saturated heterocycles. The van der Waals surface area contributed by atoms with Crippen LogP contribution < -0.4 is 52.1 Å². The summed E-state index contributed by atoms with van der Waals surface area (Å²) in [5.41, 5.74) is 22.1. The van der Waals surface area contributed by atoms with Crippen LogP contribution in [0.4, 0.5) is 28.4 Å². The third-order valence-electron chi connectivity index (χ3n) is 17.6. The van der Waals surface area contributed by atoms with Gasteiger partial charge in [-0.2, -0.15) is 0 Å². The highest BCUT2D eigenvalue weighted by Gasteiger charge is 2.49. The molecule has 0 amide bonds. The van der Waals surface area contributed by atoms with Gasteiger partial charge < -0.3 is 28.3 Å². The second-order valence-corrected chi connectivity index (χ2v) is 22.1. The molecule has 1 atom stereocenters. The van der Waals surface area contributed by atoms with Crippen molar-refractivity contribution in [2.24, 2.45) is 5.92 Å². The van der Waals surface area contributed by atoms with Crippen molar-refractivity contribution in [3.8, 4) is 50.9 Å². The Morgan fingerprint density at radius 1 is 0.405 bits per heavy atom. The Bertz CT molecular complexity index is 4650. The average Bonchev–Trinajstić information content (AvgIpc) is 4.15. The molecule has 0 saturated carbocycles. The number of para-hydroxylation sites is 6. The normalized spacial score (nSPS) is 13.9. The third kappa shape index (κ3) is 6.20. The fourth-order valence-corrected chi connectivity index (χ4v) is 14.0. The van der Waals surface area contributed by atoms with Crippen molar-refractivity contribution >= 4 is 118 Å². The number of rotatable bonds is 6. The molecular weight excluding hydrogens is 964 g/mol. The molecule has 0 bridgehead atoms. The Labute approximate surface area is 458 Å². The predicted octanol–water partition coefficient (Wildman–Crippen LogP) is 14.5. The molecule has 4 aliphatic heterocycles. The van der Waals surface area contributed by atoms with E-state index in [1.165, 1.54) is 27.5 Å². The minimum absolute atomic E-state index is 0.0671. The van der Waals surface area contributed by atoms with Gasteiger partial charge in [0.05, 0.1) is 27.5 Å². The van der Waals surface area contributed by atoms with Gasteiger partial charge in [0.25, 0.3) is 13.4 Å². The van der Waals surface area contributed by atoms with E-state index in [0.717, 1.165) is 128 Å². The van der Waals surface area contributed by atoms with Crippen LogP contribution in [0.2, 0.25) is 0 Å². The van der Waals surface area contributed by atoms with Gasteiger partial charge in [-0.15, -0.1) is 0 Å². The molecule has 0 spiro atoms. The number of aromatic nitrogens is 1. The molecule has 17 rings (SSSR count). The Hall–Kier alpha value is -9.65. The van der Waals surface area contributed by atoms with Crippen LogP contribution in [0.25, 0.3) is 71.7 Å². The SMILES string of the molecule is CC(C)C(C)N1c2cc3c(cc2B2c4ccccc4Oc4c2c1cc1c4c2ccccc2n1-c1ccccc1)B1c2ccccc2Oc2c1c(cc1oc4ccccc4c21)N3c1c(-c2ccccc2)cccc1-c1ccccc1. The maximum absolute atomic E-state index is 7.45. The first-order valence-electron chi connectivity index (χ1n) is 27.7. The largest absolute Gasteiger partial charge is 0.458 e. The maximum Gasteiger partial charge on any atom is 0.256 e. The molecule has 0 fully saturated rings. The Kier molecular flexibility index (Phi) is 9.39. The third-order valence-corrected chi connectivity index (χ3v) is 17.6. The van der Waals surface area contributed by atoms with E-state index in [1.54, 1.807) is 0 Å². The molecule has 1 unspecified atom stereocenters. The molecule has 79 heavy (non-hydrogen) atoms. The van der Waals surface area contributed by atoms with E-state index < -0.39 is 0 Å². The van der Waals surface area contributed by atoms with Crippen LogP contribution in [-0.2, 0) is 0 Å². The van der Waals surface area contributed by atoms with E-state index in [4.69, 9.17) is 13.9 Å². The fourth-order valence-electron chi connectivity index (χ4n) is 14.0. The Morgan fingerprint density at radius 2 is 0.962 bits per heavy atom. The van der Waals surface area contributed by atoms with Crippen LogP contribution in [0.15, 0.2) is 235 Å². The molecule has 6 nitrogen and oxygen atoms in total. The molecule has 11 aromatic carbocycles. The second kappa shape index (κ2) is 16.7. The lowest BCUT2D eigenvalue weighted by atomic mass is 9.30. The van der Waals surface area contributed by atoms with Crippen LogP contribution in [0.5, 0.6) is 23.0 Å². The lowest BCUT2D eigenvalue weighted by molar-refractivity contribution is 0.491. The first kappa shape index (κ1) is 44.5. The van der Waals surface area contributed by atoms with Crippen molar-refractivity contribution in [3.63, 3.8) is 0 Å². The van der Waals surface area contributed by atoms with E-state index >= 15 is 0 Å². The summed E-state index contributed by atoms with van der Waals surface area (Å²) < 4.78 is 24.2. The quantitative estimate of drug-likeness (QED) is 0.155. The summed E-state index contributed by atoms with van der Waals surface area (Å²) in [6.45, 7) is 6.76. The van der Waals surface area contributed by atoms with Gasteiger partial charge in [-0.25, -0.2) is 0 Å². The number of hydrogen-bond acceptors (Lipinski definition) is 5. The average molecular weight is 1010 g/mol. The second-order valence-electron chi connectivity index (χ2n) is 22.1. The smallest absolute Gasteiger partial charge is 0.256 e. The number of hydrogen-bond donors (Lipinski definition) is 0. The zero-order valence-electron chi connectivity index (χ0n) is 43.8. The van der Waals surface area contributed by atoms with Gasteiger partial charge in [-0.3, -0.25) is 0 Å². The van der Waals surface area contributed by atoms with Crippen LogP contribution in [0, 0.1) is 5.92 Å². The monoisotopic (exact) mass is 1010 g/mol. The zero-order chi connectivity index (χ0) is 52.2. The highest BCUT2D eigenvalue weighted by atomic mass is 16.5. The van der Waals surface area contributed by atoms with Gasteiger partial charge in [-0.05, 0) is 105 Å². The summed E-state index contributed by atoms with van der Waals surface area (Å²) in [4.78, 5) is 5.24. The van der Waals surface area contributed by atoms with E-state index in [0.29, 0.717) is 0 Å². The fraction of sp³-hybridized carbons (Fsp3) is 0.0704. The summed E-state index contributed by atoms with van der Waals surface area (Å²) in [5.74, 6) is 3.77. The number of benzene rings is 11. The van der Waals surface area contributed by atoms with Crippen molar-refractivity contribution in [1.29, 1.82) is 0 Å². The topological polar surface area (TPSA) is 43.0 Å². The molecule has 0 aliphatic carbocycles. The van der Waals surface area contributed by atoms with Gasteiger partial charge >= 0.3 is 0 Å². The van der Waals surface area contributed by atoms with E-state index in [2.05, 4.69) is 266 Å². The van der Waals surface area contributed by atoms with Gasteiger partial charge in [0.15, 0.2) is 0 Å². The molecule has 6 heterocycles. The summed E-state index contributed by atoms with van der Waals surface area (Å²) >= 11 is 0. The number of furan rings is 1.